The van der Waals surface area contributed by atoms with E-state index >= 15 is 0 Å². The largest absolute Gasteiger partial charge is 0.454 e. The van der Waals surface area contributed by atoms with Gasteiger partial charge in [-0.15, -0.1) is 0 Å². The Balaban J connectivity index is 1.47. The predicted octanol–water partition coefficient (Wildman–Crippen LogP) is 4.20. The molecular weight excluding hydrogens is 378 g/mol. The molecule has 6 heteroatoms. The second kappa shape index (κ2) is 7.83. The molecule has 1 amide bonds. The summed E-state index contributed by atoms with van der Waals surface area (Å²) >= 11 is 0. The van der Waals surface area contributed by atoms with E-state index in [2.05, 4.69) is 9.97 Å². The summed E-state index contributed by atoms with van der Waals surface area (Å²) in [6, 6.07) is 21.1. The first-order valence-corrected chi connectivity index (χ1v) is 9.69. The molecule has 0 saturated carbocycles. The Kier molecular flexibility index (Phi) is 4.73. The lowest BCUT2D eigenvalue weighted by molar-refractivity contribution is 0.0724. The number of pyridine rings is 2. The van der Waals surface area contributed by atoms with Crippen molar-refractivity contribution in [2.24, 2.45) is 0 Å². The molecule has 30 heavy (non-hydrogen) atoms. The molecule has 0 aliphatic carbocycles. The lowest BCUT2D eigenvalue weighted by atomic mass is 10.1. The maximum Gasteiger partial charge on any atom is 0.273 e. The van der Waals surface area contributed by atoms with Gasteiger partial charge >= 0.3 is 0 Å². The number of carbonyl (C=O) groups is 1. The van der Waals surface area contributed by atoms with Crippen LogP contribution in [0.2, 0.25) is 0 Å². The zero-order chi connectivity index (χ0) is 20.3. The minimum absolute atomic E-state index is 0.129. The fourth-order valence-corrected chi connectivity index (χ4v) is 3.51. The van der Waals surface area contributed by atoms with Crippen LogP contribution in [-0.4, -0.2) is 27.6 Å². The summed E-state index contributed by atoms with van der Waals surface area (Å²) in [6.45, 7) is 1.09. The molecule has 0 fully saturated rings. The van der Waals surface area contributed by atoms with E-state index in [4.69, 9.17) is 9.47 Å². The lowest BCUT2D eigenvalue weighted by Crippen LogP contribution is -2.30. The molecule has 6 nitrogen and oxygen atoms in total. The van der Waals surface area contributed by atoms with Gasteiger partial charge in [-0.3, -0.25) is 9.78 Å². The van der Waals surface area contributed by atoms with E-state index in [-0.39, 0.29) is 12.7 Å². The van der Waals surface area contributed by atoms with Gasteiger partial charge in [0.15, 0.2) is 11.5 Å². The van der Waals surface area contributed by atoms with Crippen molar-refractivity contribution in [1.29, 1.82) is 0 Å². The molecular formula is C24H19N3O3. The van der Waals surface area contributed by atoms with Crippen LogP contribution in [-0.2, 0) is 13.1 Å². The molecule has 1 aliphatic heterocycles. The van der Waals surface area contributed by atoms with Crippen molar-refractivity contribution in [1.82, 2.24) is 14.9 Å². The van der Waals surface area contributed by atoms with Gasteiger partial charge in [-0.1, -0.05) is 30.3 Å². The summed E-state index contributed by atoms with van der Waals surface area (Å²) < 4.78 is 10.9. The minimum atomic E-state index is -0.129. The third-order valence-corrected chi connectivity index (χ3v) is 5.04. The first kappa shape index (κ1) is 18.1. The summed E-state index contributed by atoms with van der Waals surface area (Å²) in [5.41, 5.74) is 3.18. The molecule has 4 aromatic rings. The molecule has 0 saturated heterocycles. The van der Waals surface area contributed by atoms with Crippen molar-refractivity contribution in [2.45, 2.75) is 13.1 Å². The van der Waals surface area contributed by atoms with Gasteiger partial charge in [0, 0.05) is 30.9 Å². The Bertz CT molecular complexity index is 1210. The van der Waals surface area contributed by atoms with Crippen LogP contribution in [0.25, 0.3) is 10.9 Å². The molecule has 1 aliphatic rings. The van der Waals surface area contributed by atoms with Gasteiger partial charge in [-0.05, 0) is 47.5 Å². The Morgan fingerprint density at radius 2 is 1.67 bits per heavy atom. The van der Waals surface area contributed by atoms with Crippen molar-refractivity contribution in [2.75, 3.05) is 6.79 Å². The smallest absolute Gasteiger partial charge is 0.273 e. The number of nitrogens with zero attached hydrogens (tertiary/aromatic N) is 3. The molecule has 0 N–H and O–H groups in total. The van der Waals surface area contributed by atoms with E-state index in [9.17, 15) is 4.79 Å². The molecule has 0 unspecified atom stereocenters. The van der Waals surface area contributed by atoms with Gasteiger partial charge in [0.2, 0.25) is 6.79 Å². The summed E-state index contributed by atoms with van der Waals surface area (Å²) in [6.07, 6.45) is 3.46. The van der Waals surface area contributed by atoms with Gasteiger partial charge < -0.3 is 14.4 Å². The number of fused-ring (bicyclic) bond motifs is 2. The fourth-order valence-electron chi connectivity index (χ4n) is 3.51. The van der Waals surface area contributed by atoms with E-state index in [1.54, 1.807) is 23.4 Å². The molecule has 0 radical (unpaired) electrons. The van der Waals surface area contributed by atoms with E-state index in [1.807, 2.05) is 60.7 Å². The number of benzene rings is 2. The SMILES string of the molecule is O=C(c1ccc2ccccc2n1)N(Cc1ccncc1)Cc1ccc2c(c1)OCO2. The predicted molar refractivity (Wildman–Crippen MR) is 112 cm³/mol. The van der Waals surface area contributed by atoms with Gasteiger partial charge in [0.25, 0.3) is 5.91 Å². The van der Waals surface area contributed by atoms with Crippen molar-refractivity contribution < 1.29 is 14.3 Å². The van der Waals surface area contributed by atoms with Crippen molar-refractivity contribution in [3.63, 3.8) is 0 Å². The maximum atomic E-state index is 13.4. The fraction of sp³-hybridized carbons (Fsp3) is 0.125. The highest BCUT2D eigenvalue weighted by Crippen LogP contribution is 2.33. The average molecular weight is 397 g/mol. The average Bonchev–Trinajstić information content (AvgIpc) is 3.26. The van der Waals surface area contributed by atoms with Gasteiger partial charge in [0.1, 0.15) is 5.69 Å². The van der Waals surface area contributed by atoms with Crippen LogP contribution in [0.1, 0.15) is 21.6 Å². The summed E-state index contributed by atoms with van der Waals surface area (Å²) in [4.78, 5) is 23.9. The second-order valence-electron chi connectivity index (χ2n) is 7.09. The normalized spacial score (nSPS) is 12.1. The topological polar surface area (TPSA) is 64.6 Å². The zero-order valence-electron chi connectivity index (χ0n) is 16.2. The minimum Gasteiger partial charge on any atom is -0.454 e. The van der Waals surface area contributed by atoms with Crippen LogP contribution < -0.4 is 9.47 Å². The number of para-hydroxylation sites is 1. The quantitative estimate of drug-likeness (QED) is 0.505. The Hall–Kier alpha value is -3.93. The van der Waals surface area contributed by atoms with Crippen LogP contribution in [0.15, 0.2) is 79.1 Å². The van der Waals surface area contributed by atoms with Crippen molar-refractivity contribution in [3.05, 3.63) is 95.9 Å². The number of amides is 1. The molecule has 2 aromatic carbocycles. The number of carbonyl (C=O) groups excluding carboxylic acids is 1. The van der Waals surface area contributed by atoms with E-state index in [1.165, 1.54) is 0 Å². The molecule has 0 spiro atoms. The molecule has 0 bridgehead atoms. The number of rotatable bonds is 5. The summed E-state index contributed by atoms with van der Waals surface area (Å²) in [5, 5.41) is 1.01. The Morgan fingerprint density at radius 1 is 0.867 bits per heavy atom. The molecule has 5 rings (SSSR count). The maximum absolute atomic E-state index is 13.4. The van der Waals surface area contributed by atoms with E-state index in [0.29, 0.717) is 24.5 Å². The highest BCUT2D eigenvalue weighted by atomic mass is 16.7. The van der Waals surface area contributed by atoms with Crippen LogP contribution in [0.5, 0.6) is 11.5 Å². The van der Waals surface area contributed by atoms with Gasteiger partial charge in [0.05, 0.1) is 5.52 Å². The standard InChI is InChI=1S/C24H19N3O3/c28-24(21-7-6-19-3-1-2-4-20(19)26-21)27(14-17-9-11-25-12-10-17)15-18-5-8-22-23(13-18)30-16-29-22/h1-13H,14-16H2. The van der Waals surface area contributed by atoms with Gasteiger partial charge in [-0.25, -0.2) is 4.98 Å². The molecule has 0 atom stereocenters. The molecule has 2 aromatic heterocycles. The van der Waals surface area contributed by atoms with Crippen LogP contribution in [0.3, 0.4) is 0 Å². The first-order valence-electron chi connectivity index (χ1n) is 9.69. The summed E-state index contributed by atoms with van der Waals surface area (Å²) in [7, 11) is 0. The Morgan fingerprint density at radius 3 is 2.57 bits per heavy atom. The highest BCUT2D eigenvalue weighted by Gasteiger charge is 2.20. The van der Waals surface area contributed by atoms with Crippen LogP contribution in [0, 0.1) is 0 Å². The van der Waals surface area contributed by atoms with E-state index in [0.717, 1.165) is 27.8 Å². The van der Waals surface area contributed by atoms with Crippen LogP contribution in [0.4, 0.5) is 0 Å². The van der Waals surface area contributed by atoms with Crippen molar-refractivity contribution in [3.8, 4) is 11.5 Å². The van der Waals surface area contributed by atoms with Gasteiger partial charge in [-0.2, -0.15) is 0 Å². The highest BCUT2D eigenvalue weighted by molar-refractivity contribution is 5.94. The van der Waals surface area contributed by atoms with Crippen LogP contribution >= 0.6 is 0 Å². The second-order valence-corrected chi connectivity index (χ2v) is 7.09. The zero-order valence-corrected chi connectivity index (χ0v) is 16.2. The summed E-state index contributed by atoms with van der Waals surface area (Å²) in [5.74, 6) is 1.30. The Labute approximate surface area is 173 Å². The first-order chi connectivity index (χ1) is 14.8. The third-order valence-electron chi connectivity index (χ3n) is 5.04. The number of hydrogen-bond donors (Lipinski definition) is 0. The van der Waals surface area contributed by atoms with E-state index < -0.39 is 0 Å². The molecule has 148 valence electrons. The number of hydrogen-bond acceptors (Lipinski definition) is 5. The number of ether oxygens (including phenoxy) is 2. The third kappa shape index (κ3) is 3.67. The van der Waals surface area contributed by atoms with Crippen molar-refractivity contribution >= 4 is 16.8 Å². The monoisotopic (exact) mass is 397 g/mol. The lowest BCUT2D eigenvalue weighted by Gasteiger charge is -2.23. The number of aromatic nitrogens is 2. The molecule has 3 heterocycles.